The van der Waals surface area contributed by atoms with Gasteiger partial charge in [-0.1, -0.05) is 30.3 Å². The molecule has 0 atom stereocenters. The first-order chi connectivity index (χ1) is 13.1. The minimum absolute atomic E-state index is 0.234. The van der Waals surface area contributed by atoms with Crippen molar-refractivity contribution < 1.29 is 4.68 Å². The van der Waals surface area contributed by atoms with Crippen LogP contribution in [0.15, 0.2) is 59.5 Å². The summed E-state index contributed by atoms with van der Waals surface area (Å²) in [5.74, 6) is 0.234. The Bertz CT molecular complexity index is 1170. The number of fused-ring (bicyclic) bond motifs is 1. The number of hydrogen-bond acceptors (Lipinski definition) is 4. The van der Waals surface area contributed by atoms with E-state index in [1.807, 2.05) is 60.3 Å². The molecule has 5 nitrogen and oxygen atoms in total. The van der Waals surface area contributed by atoms with Gasteiger partial charge < -0.3 is 5.73 Å². The Kier molecular flexibility index (Phi) is 4.30. The zero-order valence-electron chi connectivity index (χ0n) is 15.0. The van der Waals surface area contributed by atoms with Crippen molar-refractivity contribution in [1.82, 2.24) is 10.1 Å². The van der Waals surface area contributed by atoms with E-state index < -0.39 is 0 Å². The van der Waals surface area contributed by atoms with Gasteiger partial charge in [0, 0.05) is 10.5 Å². The SMILES string of the molecule is CSc1ccc(-c2c(C#N)c(N)nc3c2c(C)[nH][n+]3-c2ccccc2)cc1. The molecule has 2 aromatic heterocycles. The number of nitrogens with one attached hydrogen (secondary N) is 1. The highest BCUT2D eigenvalue weighted by atomic mass is 32.2. The summed E-state index contributed by atoms with van der Waals surface area (Å²) in [7, 11) is 0. The van der Waals surface area contributed by atoms with E-state index in [2.05, 4.69) is 28.3 Å². The van der Waals surface area contributed by atoms with Crippen molar-refractivity contribution >= 4 is 28.6 Å². The summed E-state index contributed by atoms with van der Waals surface area (Å²) in [5, 5.41) is 14.0. The molecule has 0 spiro atoms. The summed E-state index contributed by atoms with van der Waals surface area (Å²) in [6.07, 6.45) is 2.04. The molecule has 4 rings (SSSR count). The maximum Gasteiger partial charge on any atom is 0.359 e. The maximum atomic E-state index is 9.74. The molecule has 132 valence electrons. The number of H-pyrrole nitrogens is 1. The summed E-state index contributed by atoms with van der Waals surface area (Å²) < 4.78 is 1.90. The van der Waals surface area contributed by atoms with Crippen LogP contribution in [0.2, 0.25) is 0 Å². The fourth-order valence-electron chi connectivity index (χ4n) is 3.31. The first kappa shape index (κ1) is 17.1. The number of hydrogen-bond donors (Lipinski definition) is 2. The number of nitrogens with two attached hydrogens (primary N) is 1. The van der Waals surface area contributed by atoms with E-state index in [4.69, 9.17) is 5.73 Å². The summed E-state index contributed by atoms with van der Waals surface area (Å²) in [6, 6.07) is 20.3. The number of pyridine rings is 1. The monoisotopic (exact) mass is 372 g/mol. The summed E-state index contributed by atoms with van der Waals surface area (Å²) in [6.45, 7) is 1.99. The van der Waals surface area contributed by atoms with Crippen molar-refractivity contribution in [3.8, 4) is 22.9 Å². The Morgan fingerprint density at radius 2 is 1.81 bits per heavy atom. The highest BCUT2D eigenvalue weighted by Gasteiger charge is 2.27. The quantitative estimate of drug-likeness (QED) is 0.421. The van der Waals surface area contributed by atoms with Gasteiger partial charge in [0.05, 0.1) is 5.69 Å². The predicted octanol–water partition coefficient (Wildman–Crippen LogP) is 3.99. The molecular formula is C21H18N5S+. The molecule has 0 bridgehead atoms. The van der Waals surface area contributed by atoms with Crippen molar-refractivity contribution in [2.24, 2.45) is 0 Å². The first-order valence-corrected chi connectivity index (χ1v) is 9.70. The Balaban J connectivity index is 2.08. The molecule has 0 radical (unpaired) electrons. The summed E-state index contributed by atoms with van der Waals surface area (Å²) in [4.78, 5) is 5.71. The number of aromatic amines is 1. The highest BCUT2D eigenvalue weighted by Crippen LogP contribution is 2.35. The smallest absolute Gasteiger partial charge is 0.359 e. The van der Waals surface area contributed by atoms with Gasteiger partial charge in [-0.25, -0.2) is 5.10 Å². The maximum absolute atomic E-state index is 9.74. The predicted molar refractivity (Wildman–Crippen MR) is 109 cm³/mol. The lowest BCUT2D eigenvalue weighted by molar-refractivity contribution is -0.632. The molecule has 2 heterocycles. The number of rotatable bonds is 3. The van der Waals surface area contributed by atoms with Gasteiger partial charge in [-0.05, 0) is 48.0 Å². The van der Waals surface area contributed by atoms with Gasteiger partial charge in [0.1, 0.15) is 17.0 Å². The average molecular weight is 372 g/mol. The second kappa shape index (κ2) is 6.78. The third kappa shape index (κ3) is 2.82. The van der Waals surface area contributed by atoms with Crippen LogP contribution in [0.4, 0.5) is 5.82 Å². The van der Waals surface area contributed by atoms with Crippen LogP contribution < -0.4 is 10.4 Å². The van der Waals surface area contributed by atoms with Gasteiger partial charge >= 0.3 is 5.65 Å². The van der Waals surface area contributed by atoms with Crippen LogP contribution in [-0.4, -0.2) is 16.3 Å². The van der Waals surface area contributed by atoms with E-state index in [0.29, 0.717) is 11.2 Å². The van der Waals surface area contributed by atoms with Crippen LogP contribution in [-0.2, 0) is 0 Å². The minimum Gasteiger partial charge on any atom is -0.362 e. The number of thioether (sulfide) groups is 1. The van der Waals surface area contributed by atoms with Gasteiger partial charge in [-0.3, -0.25) is 0 Å². The van der Waals surface area contributed by atoms with Gasteiger partial charge in [0.15, 0.2) is 5.69 Å². The van der Waals surface area contributed by atoms with Crippen molar-refractivity contribution in [3.05, 3.63) is 65.9 Å². The lowest BCUT2D eigenvalue weighted by atomic mass is 9.97. The molecule has 4 aromatic rings. The van der Waals surface area contributed by atoms with E-state index in [0.717, 1.165) is 27.9 Å². The fourth-order valence-corrected chi connectivity index (χ4v) is 3.72. The Labute approximate surface area is 161 Å². The van der Waals surface area contributed by atoms with Gasteiger partial charge in [0.2, 0.25) is 0 Å². The van der Waals surface area contributed by atoms with Crippen LogP contribution in [0.5, 0.6) is 0 Å². The number of nitrogens with zero attached hydrogens (tertiary/aromatic N) is 3. The Morgan fingerprint density at radius 3 is 2.44 bits per heavy atom. The number of aromatic nitrogens is 3. The molecule has 0 aliphatic heterocycles. The number of nitrogen functional groups attached to an aromatic ring is 1. The van der Waals surface area contributed by atoms with Gasteiger partial charge in [-0.2, -0.15) is 5.26 Å². The molecule has 0 amide bonds. The third-order valence-corrected chi connectivity index (χ3v) is 5.32. The van der Waals surface area contributed by atoms with Crippen molar-refractivity contribution in [2.75, 3.05) is 12.0 Å². The number of para-hydroxylation sites is 1. The second-order valence-corrected chi connectivity index (χ2v) is 7.07. The number of aryl methyl sites for hydroxylation is 1. The molecular weight excluding hydrogens is 354 g/mol. The highest BCUT2D eigenvalue weighted by molar-refractivity contribution is 7.98. The second-order valence-electron chi connectivity index (χ2n) is 6.19. The molecule has 0 aliphatic carbocycles. The third-order valence-electron chi connectivity index (χ3n) is 4.58. The van der Waals surface area contributed by atoms with Crippen LogP contribution in [0.1, 0.15) is 11.3 Å². The molecule has 2 aromatic carbocycles. The normalized spacial score (nSPS) is 10.9. The standard InChI is InChI=1S/C21H17N5S/c1-13-18-19(14-8-10-16(27-2)11-9-14)17(12-22)20(23)24-21(18)26(25-13)15-6-4-3-5-7-15/h3-11H,1-2H3,(H2,23,24,25)/p+1. The van der Waals surface area contributed by atoms with E-state index in [1.54, 1.807) is 11.8 Å². The van der Waals surface area contributed by atoms with Crippen LogP contribution in [0.3, 0.4) is 0 Å². The van der Waals surface area contributed by atoms with E-state index in [1.165, 1.54) is 4.90 Å². The lowest BCUT2D eigenvalue weighted by Gasteiger charge is -2.06. The van der Waals surface area contributed by atoms with Gasteiger partial charge in [0.25, 0.3) is 5.82 Å². The molecule has 0 aliphatic rings. The van der Waals surface area contributed by atoms with Crippen LogP contribution in [0.25, 0.3) is 27.8 Å². The zero-order valence-corrected chi connectivity index (χ0v) is 15.8. The molecule has 3 N–H and O–H groups in total. The first-order valence-electron chi connectivity index (χ1n) is 8.47. The lowest BCUT2D eigenvalue weighted by Crippen LogP contribution is -2.33. The molecule has 0 saturated carbocycles. The van der Waals surface area contributed by atoms with Gasteiger partial charge in [-0.15, -0.1) is 16.4 Å². The average Bonchev–Trinajstić information content (AvgIpc) is 3.03. The van der Waals surface area contributed by atoms with E-state index >= 15 is 0 Å². The van der Waals surface area contributed by atoms with Crippen LogP contribution >= 0.6 is 11.8 Å². The summed E-state index contributed by atoms with van der Waals surface area (Å²) >= 11 is 1.68. The molecule has 0 saturated heterocycles. The molecule has 27 heavy (non-hydrogen) atoms. The van der Waals surface area contributed by atoms with Crippen molar-refractivity contribution in [3.63, 3.8) is 0 Å². The fraction of sp³-hybridized carbons (Fsp3) is 0.0952. The molecule has 0 unspecified atom stereocenters. The molecule has 6 heteroatoms. The van der Waals surface area contributed by atoms with E-state index in [-0.39, 0.29) is 5.82 Å². The van der Waals surface area contributed by atoms with Crippen LogP contribution in [0, 0.1) is 18.3 Å². The number of anilines is 1. The molecule has 0 fully saturated rings. The zero-order chi connectivity index (χ0) is 19.0. The Morgan fingerprint density at radius 1 is 1.11 bits per heavy atom. The number of benzene rings is 2. The summed E-state index contributed by atoms with van der Waals surface area (Å²) in [5.41, 5.74) is 10.9. The van der Waals surface area contributed by atoms with Crippen molar-refractivity contribution in [1.29, 1.82) is 5.26 Å². The van der Waals surface area contributed by atoms with E-state index in [9.17, 15) is 5.26 Å². The topological polar surface area (TPSA) is 82.4 Å². The Hall–Kier alpha value is -3.30. The number of nitriles is 1. The largest absolute Gasteiger partial charge is 0.362 e. The minimum atomic E-state index is 0.234. The van der Waals surface area contributed by atoms with Crippen molar-refractivity contribution in [2.45, 2.75) is 11.8 Å².